The molecule has 0 fully saturated rings. The molecule has 0 spiro atoms. The predicted octanol–water partition coefficient (Wildman–Crippen LogP) is 3.44. The lowest BCUT2D eigenvalue weighted by Gasteiger charge is -2.01. The largest absolute Gasteiger partial charge is 0.478 e. The molecule has 0 aliphatic rings. The number of carboxylic acid groups (broad SMARTS) is 1. The highest BCUT2D eigenvalue weighted by molar-refractivity contribution is 7.98. The summed E-state index contributed by atoms with van der Waals surface area (Å²) < 4.78 is 0. The third-order valence-electron chi connectivity index (χ3n) is 1.66. The van der Waals surface area contributed by atoms with Crippen molar-refractivity contribution in [1.29, 1.82) is 0 Å². The first-order valence-corrected chi connectivity index (χ1v) is 5.75. The van der Waals surface area contributed by atoms with E-state index in [-0.39, 0.29) is 0 Å². The van der Waals surface area contributed by atoms with Gasteiger partial charge in [-0.3, -0.25) is 0 Å². The molecule has 1 aromatic carbocycles. The Hall–Kier alpha value is -0.960. The summed E-state index contributed by atoms with van der Waals surface area (Å²) in [6.07, 6.45) is 1.97. The quantitative estimate of drug-likeness (QED) is 0.763. The summed E-state index contributed by atoms with van der Waals surface area (Å²) in [5, 5.41) is 8.72. The normalized spacial score (nSPS) is 8.86. The maximum atomic E-state index is 10.6. The minimum atomic E-state index is -0.861. The van der Waals surface area contributed by atoms with Crippen LogP contribution < -0.4 is 0 Å². The van der Waals surface area contributed by atoms with Crippen molar-refractivity contribution in [3.05, 3.63) is 29.3 Å². The number of hydrogen-bond acceptors (Lipinski definition) is 2. The van der Waals surface area contributed by atoms with Crippen LogP contribution in [0.5, 0.6) is 0 Å². The van der Waals surface area contributed by atoms with Gasteiger partial charge in [0.1, 0.15) is 0 Å². The Kier molecular flexibility index (Phi) is 6.04. The van der Waals surface area contributed by atoms with Gasteiger partial charge >= 0.3 is 5.97 Å². The van der Waals surface area contributed by atoms with Gasteiger partial charge in [0.2, 0.25) is 0 Å². The summed E-state index contributed by atoms with van der Waals surface area (Å²) in [6, 6.07) is 5.35. The van der Waals surface area contributed by atoms with E-state index >= 15 is 0 Å². The standard InChI is InChI=1S/C9H10O2S.C2H6/c1-6-5-7(12-2)3-4-8(6)9(10)11;1-2/h3-5H,1-2H3,(H,10,11);1-2H3. The molecule has 2 nitrogen and oxygen atoms in total. The molecule has 0 atom stereocenters. The lowest BCUT2D eigenvalue weighted by molar-refractivity contribution is 0.0696. The molecule has 0 bridgehead atoms. The Morgan fingerprint density at radius 2 is 1.93 bits per heavy atom. The van der Waals surface area contributed by atoms with E-state index in [1.807, 2.05) is 39.2 Å². The van der Waals surface area contributed by atoms with Crippen molar-refractivity contribution in [2.24, 2.45) is 0 Å². The van der Waals surface area contributed by atoms with Gasteiger partial charge in [0, 0.05) is 4.90 Å². The van der Waals surface area contributed by atoms with Gasteiger partial charge in [-0.1, -0.05) is 13.8 Å². The molecule has 0 aliphatic heterocycles. The molecule has 3 heteroatoms. The summed E-state index contributed by atoms with van der Waals surface area (Å²) in [5.74, 6) is -0.861. The third kappa shape index (κ3) is 3.42. The van der Waals surface area contributed by atoms with Gasteiger partial charge < -0.3 is 5.11 Å². The Labute approximate surface area is 89.3 Å². The summed E-state index contributed by atoms with van der Waals surface area (Å²) in [7, 11) is 0. The van der Waals surface area contributed by atoms with Crippen LogP contribution in [-0.2, 0) is 0 Å². The Morgan fingerprint density at radius 3 is 2.29 bits per heavy atom. The van der Waals surface area contributed by atoms with E-state index in [1.54, 1.807) is 17.8 Å². The van der Waals surface area contributed by atoms with Crippen molar-refractivity contribution < 1.29 is 9.90 Å². The summed E-state index contributed by atoms with van der Waals surface area (Å²) in [4.78, 5) is 11.7. The van der Waals surface area contributed by atoms with Gasteiger partial charge in [-0.15, -0.1) is 11.8 Å². The maximum absolute atomic E-state index is 10.6. The fourth-order valence-electron chi connectivity index (χ4n) is 1.00. The van der Waals surface area contributed by atoms with Crippen LogP contribution in [0.1, 0.15) is 29.8 Å². The topological polar surface area (TPSA) is 37.3 Å². The summed E-state index contributed by atoms with van der Waals surface area (Å²) in [6.45, 7) is 5.81. The zero-order valence-corrected chi connectivity index (χ0v) is 9.81. The van der Waals surface area contributed by atoms with Gasteiger partial charge in [-0.25, -0.2) is 4.79 Å². The number of benzene rings is 1. The Morgan fingerprint density at radius 1 is 1.36 bits per heavy atom. The monoisotopic (exact) mass is 212 g/mol. The molecule has 0 saturated carbocycles. The van der Waals surface area contributed by atoms with Crippen LogP contribution in [0.4, 0.5) is 0 Å². The number of aryl methyl sites for hydroxylation is 1. The molecule has 0 aromatic heterocycles. The summed E-state index contributed by atoms with van der Waals surface area (Å²) in [5.41, 5.74) is 1.20. The van der Waals surface area contributed by atoms with Gasteiger partial charge in [0.15, 0.2) is 0 Å². The zero-order chi connectivity index (χ0) is 11.1. The van der Waals surface area contributed by atoms with E-state index in [9.17, 15) is 4.79 Å². The van der Waals surface area contributed by atoms with Crippen LogP contribution in [0.15, 0.2) is 23.1 Å². The van der Waals surface area contributed by atoms with Crippen molar-refractivity contribution >= 4 is 17.7 Å². The molecule has 0 unspecified atom stereocenters. The first kappa shape index (κ1) is 13.0. The molecule has 1 rings (SSSR count). The molecule has 1 aromatic rings. The average molecular weight is 212 g/mol. The highest BCUT2D eigenvalue weighted by Crippen LogP contribution is 2.18. The molecule has 78 valence electrons. The molecule has 14 heavy (non-hydrogen) atoms. The number of aromatic carboxylic acids is 1. The number of carbonyl (C=O) groups is 1. The number of hydrogen-bond donors (Lipinski definition) is 1. The SMILES string of the molecule is CC.CSc1ccc(C(=O)O)c(C)c1. The van der Waals surface area contributed by atoms with Crippen LogP contribution in [0.25, 0.3) is 0 Å². The molecule has 1 N–H and O–H groups in total. The second kappa shape index (κ2) is 6.49. The third-order valence-corrected chi connectivity index (χ3v) is 2.39. The maximum Gasteiger partial charge on any atom is 0.335 e. The van der Waals surface area contributed by atoms with Crippen molar-refractivity contribution in [2.45, 2.75) is 25.7 Å². The highest BCUT2D eigenvalue weighted by Gasteiger charge is 2.05. The van der Waals surface area contributed by atoms with E-state index in [0.29, 0.717) is 5.56 Å². The second-order valence-corrected chi connectivity index (χ2v) is 3.37. The molecule has 0 aliphatic carbocycles. The average Bonchev–Trinajstić information content (AvgIpc) is 2.20. The first-order valence-electron chi connectivity index (χ1n) is 4.53. The Balaban J connectivity index is 0.000000791. The molecule has 0 amide bonds. The lowest BCUT2D eigenvalue weighted by atomic mass is 10.1. The smallest absolute Gasteiger partial charge is 0.335 e. The molecular formula is C11H16O2S. The fraction of sp³-hybridized carbons (Fsp3) is 0.364. The molecule has 0 heterocycles. The van der Waals surface area contributed by atoms with Gasteiger partial charge in [-0.2, -0.15) is 0 Å². The van der Waals surface area contributed by atoms with Crippen molar-refractivity contribution in [2.75, 3.05) is 6.26 Å². The van der Waals surface area contributed by atoms with Crippen molar-refractivity contribution in [1.82, 2.24) is 0 Å². The van der Waals surface area contributed by atoms with Gasteiger partial charge in [0.25, 0.3) is 0 Å². The van der Waals surface area contributed by atoms with Gasteiger partial charge in [0.05, 0.1) is 5.56 Å². The van der Waals surface area contributed by atoms with Crippen LogP contribution in [0.2, 0.25) is 0 Å². The van der Waals surface area contributed by atoms with Crippen LogP contribution in [0.3, 0.4) is 0 Å². The summed E-state index contributed by atoms with van der Waals surface area (Å²) >= 11 is 1.61. The number of thioether (sulfide) groups is 1. The van der Waals surface area contributed by atoms with Gasteiger partial charge in [-0.05, 0) is 36.9 Å². The number of rotatable bonds is 2. The van der Waals surface area contributed by atoms with Crippen LogP contribution in [-0.4, -0.2) is 17.3 Å². The van der Waals surface area contributed by atoms with Crippen LogP contribution in [0, 0.1) is 6.92 Å². The zero-order valence-electron chi connectivity index (χ0n) is 9.00. The minimum absolute atomic E-state index is 0.382. The molecule has 0 saturated heterocycles. The second-order valence-electron chi connectivity index (χ2n) is 2.49. The van der Waals surface area contributed by atoms with Crippen molar-refractivity contribution in [3.63, 3.8) is 0 Å². The first-order chi connectivity index (χ1) is 6.65. The predicted molar refractivity (Wildman–Crippen MR) is 61.3 cm³/mol. The molecule has 0 radical (unpaired) electrons. The van der Waals surface area contributed by atoms with E-state index in [1.165, 1.54) is 0 Å². The van der Waals surface area contributed by atoms with E-state index in [2.05, 4.69) is 0 Å². The van der Waals surface area contributed by atoms with Crippen molar-refractivity contribution in [3.8, 4) is 0 Å². The minimum Gasteiger partial charge on any atom is -0.478 e. The van der Waals surface area contributed by atoms with E-state index < -0.39 is 5.97 Å². The van der Waals surface area contributed by atoms with E-state index in [0.717, 1.165) is 10.5 Å². The fourth-order valence-corrected chi connectivity index (χ4v) is 1.50. The highest BCUT2D eigenvalue weighted by atomic mass is 32.2. The number of carboxylic acids is 1. The Bertz CT molecular complexity index is 308. The van der Waals surface area contributed by atoms with E-state index in [4.69, 9.17) is 5.11 Å². The van der Waals surface area contributed by atoms with Crippen LogP contribution >= 0.6 is 11.8 Å². The lowest BCUT2D eigenvalue weighted by Crippen LogP contribution is -1.98. The molecular weight excluding hydrogens is 196 g/mol.